The first-order valence-corrected chi connectivity index (χ1v) is 6.83. The maximum Gasteiger partial charge on any atom is 0.311 e. The Bertz CT molecular complexity index is 739. The van der Waals surface area contributed by atoms with E-state index < -0.39 is 22.1 Å². The molecule has 1 aromatic carbocycles. The lowest BCUT2D eigenvalue weighted by molar-refractivity contribution is -0.385. The Hall–Kier alpha value is -2.67. The van der Waals surface area contributed by atoms with Gasteiger partial charge in [-0.3, -0.25) is 19.6 Å². The zero-order chi connectivity index (χ0) is 16.1. The second-order valence-electron chi connectivity index (χ2n) is 4.38. The third kappa shape index (κ3) is 3.70. The van der Waals surface area contributed by atoms with Gasteiger partial charge in [0.25, 0.3) is 0 Å². The number of alkyl halides is 1. The fourth-order valence-corrected chi connectivity index (χ4v) is 1.94. The van der Waals surface area contributed by atoms with Gasteiger partial charge in [0, 0.05) is 29.3 Å². The highest BCUT2D eigenvalue weighted by Gasteiger charge is 2.15. The number of hydrogen-bond acceptors (Lipinski definition) is 5. The van der Waals surface area contributed by atoms with Crippen LogP contribution in [0.25, 0.3) is 6.08 Å². The second kappa shape index (κ2) is 6.86. The molecule has 0 saturated heterocycles. The van der Waals surface area contributed by atoms with Crippen molar-refractivity contribution < 1.29 is 14.8 Å². The topological polar surface area (TPSA) is 98.3 Å². The lowest BCUT2D eigenvalue weighted by Gasteiger charge is -1.98. The van der Waals surface area contributed by atoms with E-state index in [9.17, 15) is 20.0 Å². The molecule has 0 spiro atoms. The number of ketones is 1. The second-order valence-corrected chi connectivity index (χ2v) is 4.76. The molecule has 0 aliphatic heterocycles. The first-order chi connectivity index (χ1) is 10.5. The monoisotopic (exact) mass is 321 g/mol. The van der Waals surface area contributed by atoms with Gasteiger partial charge in [-0.2, -0.15) is 5.10 Å². The fourth-order valence-electron chi connectivity index (χ4n) is 1.77. The van der Waals surface area contributed by atoms with Gasteiger partial charge in [-0.05, 0) is 24.3 Å². The summed E-state index contributed by atoms with van der Waals surface area (Å²) in [5.41, 5.74) is 0.329. The number of nitro groups is 1. The number of phenols is 1. The van der Waals surface area contributed by atoms with Crippen molar-refractivity contribution in [1.82, 2.24) is 9.78 Å². The molecule has 0 atom stereocenters. The molecule has 8 heteroatoms. The van der Waals surface area contributed by atoms with Crippen LogP contribution in [0.4, 0.5) is 5.69 Å². The van der Waals surface area contributed by atoms with Gasteiger partial charge >= 0.3 is 5.69 Å². The Labute approximate surface area is 130 Å². The van der Waals surface area contributed by atoms with Crippen LogP contribution in [-0.2, 0) is 6.54 Å². The molecule has 22 heavy (non-hydrogen) atoms. The number of nitrogens with zero attached hydrogens (tertiary/aromatic N) is 3. The summed E-state index contributed by atoms with van der Waals surface area (Å²) < 4.78 is 1.64. The van der Waals surface area contributed by atoms with Crippen molar-refractivity contribution in [3.05, 3.63) is 57.9 Å². The van der Waals surface area contributed by atoms with Crippen molar-refractivity contribution in [3.8, 4) is 5.75 Å². The first kappa shape index (κ1) is 15.7. The van der Waals surface area contributed by atoms with Crippen molar-refractivity contribution >= 4 is 29.1 Å². The van der Waals surface area contributed by atoms with Gasteiger partial charge in [0.05, 0.1) is 17.7 Å². The van der Waals surface area contributed by atoms with Crippen LogP contribution < -0.4 is 0 Å². The largest absolute Gasteiger partial charge is 0.502 e. The molecule has 0 radical (unpaired) electrons. The van der Waals surface area contributed by atoms with Crippen LogP contribution in [-0.4, -0.2) is 31.5 Å². The molecule has 114 valence electrons. The third-order valence-corrected chi connectivity index (χ3v) is 3.02. The van der Waals surface area contributed by atoms with Crippen LogP contribution in [0, 0.1) is 10.1 Å². The van der Waals surface area contributed by atoms with E-state index in [1.165, 1.54) is 12.1 Å². The maximum atomic E-state index is 12.0. The van der Waals surface area contributed by atoms with Gasteiger partial charge in [0.2, 0.25) is 0 Å². The molecular weight excluding hydrogens is 310 g/mol. The van der Waals surface area contributed by atoms with Crippen LogP contribution in [0.5, 0.6) is 5.75 Å². The van der Waals surface area contributed by atoms with Crippen LogP contribution in [0.3, 0.4) is 0 Å². The highest BCUT2D eigenvalue weighted by molar-refractivity contribution is 6.17. The number of nitro benzene ring substituents is 1. The van der Waals surface area contributed by atoms with Crippen LogP contribution >= 0.6 is 11.6 Å². The summed E-state index contributed by atoms with van der Waals surface area (Å²) in [6.07, 6.45) is 6.15. The van der Waals surface area contributed by atoms with Gasteiger partial charge in [-0.1, -0.05) is 0 Å². The number of phenolic OH excluding ortho intramolecular Hbond substituents is 1. The third-order valence-electron chi connectivity index (χ3n) is 2.85. The van der Waals surface area contributed by atoms with Crippen molar-refractivity contribution in [2.45, 2.75) is 6.54 Å². The summed E-state index contributed by atoms with van der Waals surface area (Å²) in [5.74, 6) is -0.456. The maximum absolute atomic E-state index is 12.0. The highest BCUT2D eigenvalue weighted by Crippen LogP contribution is 2.26. The average molecular weight is 322 g/mol. The van der Waals surface area contributed by atoms with Gasteiger partial charge in [-0.25, -0.2) is 0 Å². The minimum atomic E-state index is -0.744. The summed E-state index contributed by atoms with van der Waals surface area (Å²) in [7, 11) is 0. The van der Waals surface area contributed by atoms with Gasteiger partial charge in [0.1, 0.15) is 0 Å². The van der Waals surface area contributed by atoms with Crippen LogP contribution in [0.1, 0.15) is 15.9 Å². The first-order valence-electron chi connectivity index (χ1n) is 6.29. The standard InChI is InChI=1S/C14H12ClN3O4/c15-5-6-17-9-10(8-16-17)1-3-13(19)11-2-4-14(20)12(7-11)18(21)22/h1-4,7-9,20H,5-6H2/b3-1+. The van der Waals surface area contributed by atoms with E-state index in [4.69, 9.17) is 11.6 Å². The minimum absolute atomic E-state index is 0.119. The fraction of sp³-hybridized carbons (Fsp3) is 0.143. The molecule has 0 fully saturated rings. The summed E-state index contributed by atoms with van der Waals surface area (Å²) >= 11 is 5.60. The number of carbonyl (C=O) groups is 1. The predicted octanol–water partition coefficient (Wildman–Crippen LogP) is 2.63. The number of halogens is 1. The number of carbonyl (C=O) groups excluding carboxylic acids is 1. The lowest BCUT2D eigenvalue weighted by atomic mass is 10.1. The van der Waals surface area contributed by atoms with E-state index in [1.54, 1.807) is 23.2 Å². The molecule has 0 bridgehead atoms. The summed E-state index contributed by atoms with van der Waals surface area (Å²) in [4.78, 5) is 22.0. The van der Waals surface area contributed by atoms with E-state index in [0.717, 1.165) is 12.1 Å². The number of benzene rings is 1. The van der Waals surface area contributed by atoms with Crippen molar-refractivity contribution in [2.24, 2.45) is 0 Å². The Morgan fingerprint density at radius 3 is 2.95 bits per heavy atom. The molecule has 0 aliphatic carbocycles. The number of hydrogen-bond donors (Lipinski definition) is 1. The quantitative estimate of drug-likeness (QED) is 0.290. The predicted molar refractivity (Wildman–Crippen MR) is 81.1 cm³/mol. The zero-order valence-electron chi connectivity index (χ0n) is 11.3. The number of aromatic nitrogens is 2. The lowest BCUT2D eigenvalue weighted by Crippen LogP contribution is -1.98. The number of aryl methyl sites for hydroxylation is 1. The minimum Gasteiger partial charge on any atom is -0.502 e. The number of aromatic hydroxyl groups is 1. The molecule has 2 aromatic rings. The molecule has 1 aromatic heterocycles. The summed E-state index contributed by atoms with van der Waals surface area (Å²) in [6.45, 7) is 0.563. The molecule has 7 nitrogen and oxygen atoms in total. The number of allylic oxidation sites excluding steroid dienone is 1. The Morgan fingerprint density at radius 2 is 2.27 bits per heavy atom. The normalized spacial score (nSPS) is 11.0. The smallest absolute Gasteiger partial charge is 0.311 e. The molecule has 0 aliphatic rings. The van der Waals surface area contributed by atoms with Crippen LogP contribution in [0.2, 0.25) is 0 Å². The summed E-state index contributed by atoms with van der Waals surface area (Å²) in [5, 5.41) is 24.1. The molecular formula is C14H12ClN3O4. The van der Waals surface area contributed by atoms with E-state index in [0.29, 0.717) is 18.0 Å². The zero-order valence-corrected chi connectivity index (χ0v) is 12.1. The van der Waals surface area contributed by atoms with E-state index >= 15 is 0 Å². The Kier molecular flexibility index (Phi) is 4.90. The van der Waals surface area contributed by atoms with Crippen molar-refractivity contribution in [1.29, 1.82) is 0 Å². The highest BCUT2D eigenvalue weighted by atomic mass is 35.5. The van der Waals surface area contributed by atoms with Gasteiger partial charge < -0.3 is 5.11 Å². The van der Waals surface area contributed by atoms with E-state index in [1.807, 2.05) is 0 Å². The summed E-state index contributed by atoms with van der Waals surface area (Å²) in [6, 6.07) is 3.49. The van der Waals surface area contributed by atoms with Crippen LogP contribution in [0.15, 0.2) is 36.7 Å². The van der Waals surface area contributed by atoms with Crippen molar-refractivity contribution in [2.75, 3.05) is 5.88 Å². The van der Waals surface area contributed by atoms with Crippen molar-refractivity contribution in [3.63, 3.8) is 0 Å². The molecule has 0 unspecified atom stereocenters. The van der Waals surface area contributed by atoms with E-state index in [-0.39, 0.29) is 5.56 Å². The van der Waals surface area contributed by atoms with Gasteiger partial charge in [0.15, 0.2) is 11.5 Å². The van der Waals surface area contributed by atoms with Gasteiger partial charge in [-0.15, -0.1) is 11.6 Å². The average Bonchev–Trinajstić information content (AvgIpc) is 2.93. The molecule has 2 rings (SSSR count). The Morgan fingerprint density at radius 1 is 1.50 bits per heavy atom. The number of rotatable bonds is 6. The Balaban J connectivity index is 2.16. The molecule has 1 heterocycles. The molecule has 1 N–H and O–H groups in total. The SMILES string of the molecule is O=C(/C=C/c1cnn(CCCl)c1)c1ccc(O)c([N+](=O)[O-])c1. The molecule has 0 amide bonds. The molecule has 0 saturated carbocycles. The van der Waals surface area contributed by atoms with E-state index in [2.05, 4.69) is 5.10 Å².